The Morgan fingerprint density at radius 3 is 1.19 bits per heavy atom. The highest BCUT2D eigenvalue weighted by molar-refractivity contribution is 5.87. The molecule has 12 rings (SSSR count). The summed E-state index contributed by atoms with van der Waals surface area (Å²) in [4.78, 5) is 0. The molecule has 0 saturated heterocycles. The maximum Gasteiger partial charge on any atom is 0.417 e. The van der Waals surface area contributed by atoms with E-state index in [2.05, 4.69) is 118 Å². The molecule has 2 unspecified atom stereocenters. The fourth-order valence-corrected chi connectivity index (χ4v) is 9.93. The second-order valence-electron chi connectivity index (χ2n) is 12.4. The van der Waals surface area contributed by atoms with E-state index in [1.165, 1.54) is 67.3 Å². The smallest absolute Gasteiger partial charge is 0.116 e. The number of pyridine rings is 2. The lowest BCUT2D eigenvalue weighted by atomic mass is 9.65. The van der Waals surface area contributed by atoms with Gasteiger partial charge in [-0.15, -0.1) is 9.13 Å². The van der Waals surface area contributed by atoms with E-state index in [0.717, 1.165) is 6.42 Å². The van der Waals surface area contributed by atoms with E-state index in [-0.39, 0.29) is 11.8 Å². The maximum atomic E-state index is 2.77. The van der Waals surface area contributed by atoms with E-state index in [1.807, 2.05) is 83.1 Å². The van der Waals surface area contributed by atoms with Crippen LogP contribution in [0.5, 0.6) is 0 Å². The van der Waals surface area contributed by atoms with Gasteiger partial charge in [0.15, 0.2) is 0 Å². The molecule has 2 atom stereocenters. The van der Waals surface area contributed by atoms with Crippen molar-refractivity contribution in [3.63, 3.8) is 0 Å². The van der Waals surface area contributed by atoms with Crippen LogP contribution in [0.3, 0.4) is 0 Å². The summed E-state index contributed by atoms with van der Waals surface area (Å²) >= 11 is 0. The van der Waals surface area contributed by atoms with Crippen LogP contribution in [0.1, 0.15) is 151 Å². The molecule has 4 aromatic carbocycles. The normalized spacial score (nSPS) is 18.0. The van der Waals surface area contributed by atoms with Gasteiger partial charge >= 0.3 is 5.66 Å². The van der Waals surface area contributed by atoms with Crippen LogP contribution in [0.15, 0.2) is 109 Å². The van der Waals surface area contributed by atoms with Gasteiger partial charge < -0.3 is 0 Å². The molecule has 52 heavy (non-hydrogen) atoms. The molecule has 0 radical (unpaired) electrons. The van der Waals surface area contributed by atoms with E-state index in [0.29, 0.717) is 0 Å². The monoisotopic (exact) mass is 686 g/mol. The van der Waals surface area contributed by atoms with Crippen LogP contribution in [0.25, 0.3) is 33.6 Å². The third-order valence-corrected chi connectivity index (χ3v) is 11.0. The predicted molar refractivity (Wildman–Crippen MR) is 220 cm³/mol. The van der Waals surface area contributed by atoms with Gasteiger partial charge in [0, 0.05) is 24.3 Å². The van der Waals surface area contributed by atoms with E-state index in [4.69, 9.17) is 0 Å². The molecule has 6 aliphatic rings. The van der Waals surface area contributed by atoms with Gasteiger partial charge in [-0.2, -0.15) is 0 Å². The van der Waals surface area contributed by atoms with Gasteiger partial charge in [0.1, 0.15) is 11.1 Å². The van der Waals surface area contributed by atoms with Crippen molar-refractivity contribution in [1.82, 2.24) is 0 Å². The van der Waals surface area contributed by atoms with Crippen LogP contribution in [-0.2, 0) is 12.1 Å². The van der Waals surface area contributed by atoms with Gasteiger partial charge in [-0.05, 0) is 74.2 Å². The van der Waals surface area contributed by atoms with Crippen molar-refractivity contribution >= 4 is 0 Å². The summed E-state index contributed by atoms with van der Waals surface area (Å²) in [6, 6.07) is 42.2. The molecule has 2 nitrogen and oxygen atoms in total. The Bertz CT molecular complexity index is 2110. The molecule has 2 aromatic heterocycles. The summed E-state index contributed by atoms with van der Waals surface area (Å²) in [5.74, 6) is 0.525. The van der Waals surface area contributed by atoms with Crippen LogP contribution in [-0.4, -0.2) is 0 Å². The van der Waals surface area contributed by atoms with Gasteiger partial charge in [-0.3, -0.25) is 0 Å². The fourth-order valence-electron chi connectivity index (χ4n) is 9.93. The highest BCUT2D eigenvalue weighted by atomic mass is 15.4. The van der Waals surface area contributed by atoms with Crippen molar-refractivity contribution in [3.8, 4) is 33.6 Å². The van der Waals surface area contributed by atoms with E-state index < -0.39 is 5.66 Å². The molecule has 6 aromatic rings. The van der Waals surface area contributed by atoms with Crippen molar-refractivity contribution in [3.05, 3.63) is 165 Å². The SMILES string of the molecule is CC.CC.CC.CC.CC.CC.c1ccc2c(c1)-c1ccc3c4c1C2c1cccc2[n+]1C41c4c(ccc5c4C(c4ccccc4-5)c4cccc-2[n+]41)C3. The summed E-state index contributed by atoms with van der Waals surface area (Å²) in [6.45, 7) is 24.0. The van der Waals surface area contributed by atoms with Crippen LogP contribution in [0.4, 0.5) is 0 Å². The van der Waals surface area contributed by atoms with Crippen molar-refractivity contribution < 1.29 is 9.13 Å². The summed E-state index contributed by atoms with van der Waals surface area (Å²) in [5, 5.41) is 0. The van der Waals surface area contributed by atoms with Crippen LogP contribution in [0.2, 0.25) is 0 Å². The molecule has 2 heteroatoms. The van der Waals surface area contributed by atoms with Crippen molar-refractivity contribution in [1.29, 1.82) is 0 Å². The van der Waals surface area contributed by atoms with Crippen molar-refractivity contribution in [2.45, 2.75) is 107 Å². The molecule has 0 amide bonds. The molecule has 3 aliphatic heterocycles. The lowest BCUT2D eigenvalue weighted by Crippen LogP contribution is -2.77. The number of nitrogens with zero attached hydrogens (tertiary/aromatic N) is 2. The van der Waals surface area contributed by atoms with E-state index in [1.54, 1.807) is 22.3 Å². The van der Waals surface area contributed by atoms with Crippen LogP contribution < -0.4 is 9.13 Å². The lowest BCUT2D eigenvalue weighted by molar-refractivity contribution is -0.947. The molecular formula is C50H58N2+2. The topological polar surface area (TPSA) is 7.76 Å². The summed E-state index contributed by atoms with van der Waals surface area (Å²) in [6.07, 6.45) is 0.995. The van der Waals surface area contributed by atoms with Gasteiger partial charge in [0.2, 0.25) is 11.4 Å². The Labute approximate surface area is 313 Å². The first-order valence-electron chi connectivity index (χ1n) is 20.5. The second-order valence-corrected chi connectivity index (χ2v) is 12.4. The van der Waals surface area contributed by atoms with Gasteiger partial charge in [-0.25, -0.2) is 0 Å². The Kier molecular flexibility index (Phi) is 10.4. The molecule has 5 heterocycles. The molecule has 1 spiro atoms. The van der Waals surface area contributed by atoms with E-state index in [9.17, 15) is 0 Å². The Morgan fingerprint density at radius 2 is 0.788 bits per heavy atom. The van der Waals surface area contributed by atoms with Gasteiger partial charge in [0.05, 0.1) is 11.8 Å². The number of benzene rings is 4. The highest BCUT2D eigenvalue weighted by Crippen LogP contribution is 2.62. The minimum absolute atomic E-state index is 0.262. The summed E-state index contributed by atoms with van der Waals surface area (Å²) in [7, 11) is 0. The number of fused-ring (bicyclic) bond motifs is 9. The third kappa shape index (κ3) is 4.30. The van der Waals surface area contributed by atoms with Crippen LogP contribution >= 0.6 is 0 Å². The molecule has 0 bridgehead atoms. The average Bonchev–Trinajstić information content (AvgIpc) is 3.88. The molecular weight excluding hydrogens is 629 g/mol. The predicted octanol–water partition coefficient (Wildman–Crippen LogP) is 12.5. The Morgan fingerprint density at radius 1 is 0.404 bits per heavy atom. The summed E-state index contributed by atoms with van der Waals surface area (Å²) in [5.41, 5.74) is 22.8. The number of rotatable bonds is 0. The first-order valence-corrected chi connectivity index (χ1v) is 20.5. The zero-order chi connectivity index (χ0) is 37.5. The first-order chi connectivity index (χ1) is 25.9. The fraction of sp³-hybridized carbons (Fsp3) is 0.320. The minimum atomic E-state index is -0.394. The Hall–Kier alpha value is -4.82. The Balaban J connectivity index is 0.000000356. The minimum Gasteiger partial charge on any atom is -0.116 e. The first kappa shape index (κ1) is 37.0. The van der Waals surface area contributed by atoms with Gasteiger partial charge in [-0.1, -0.05) is 156 Å². The van der Waals surface area contributed by atoms with Gasteiger partial charge in [0.25, 0.3) is 11.4 Å². The van der Waals surface area contributed by atoms with E-state index >= 15 is 0 Å². The van der Waals surface area contributed by atoms with Crippen LogP contribution in [0, 0.1) is 0 Å². The summed E-state index contributed by atoms with van der Waals surface area (Å²) < 4.78 is 5.54. The molecule has 266 valence electrons. The molecule has 0 saturated carbocycles. The zero-order valence-electron chi connectivity index (χ0n) is 33.6. The lowest BCUT2D eigenvalue weighted by Gasteiger charge is -2.40. The second kappa shape index (κ2) is 14.7. The largest absolute Gasteiger partial charge is 0.417 e. The average molecular weight is 687 g/mol. The quantitative estimate of drug-likeness (QED) is 0.140. The third-order valence-electron chi connectivity index (χ3n) is 11.0. The maximum absolute atomic E-state index is 2.77. The van der Waals surface area contributed by atoms with Crippen molar-refractivity contribution in [2.24, 2.45) is 0 Å². The van der Waals surface area contributed by atoms with Crippen molar-refractivity contribution in [2.75, 3.05) is 0 Å². The molecule has 3 aliphatic carbocycles. The highest BCUT2D eigenvalue weighted by Gasteiger charge is 2.74. The standard InChI is InChI=1S/C38H22N2.6C2H6/c1-3-9-24-22(7-1)26-17-15-20-19-21-16-18-27-23-8-2-4-10-25(23)33-31-14-6-12-29-28-11-5-13-30-32(24)34(26)36(20)38(39(28)30,40(29)31)37(21)35(27)33;6*1-2/h1-18,32-33H,19H2;6*1-2H3/q+2;;;;;;. The molecule has 0 N–H and O–H groups in total. The number of aromatic nitrogens is 2. The zero-order valence-corrected chi connectivity index (χ0v) is 33.6. The molecule has 0 fully saturated rings. The number of hydrogen-bond donors (Lipinski definition) is 0. The number of hydrogen-bond acceptors (Lipinski definition) is 0.